The molecule has 0 aliphatic carbocycles. The highest BCUT2D eigenvalue weighted by Crippen LogP contribution is 2.45. The van der Waals surface area contributed by atoms with Crippen molar-refractivity contribution in [3.05, 3.63) is 29.8 Å². The second-order valence-electron chi connectivity index (χ2n) is 6.62. The molecule has 1 atom stereocenters. The second-order valence-corrected chi connectivity index (χ2v) is 6.62. The third-order valence-electron chi connectivity index (χ3n) is 3.51. The molecular formula is C16H20N2O2. The minimum absolute atomic E-state index is 0.414. The maximum Gasteiger partial charge on any atom is 0.415 e. The Kier molecular flexibility index (Phi) is 3.25. The van der Waals surface area contributed by atoms with Crippen molar-refractivity contribution in [2.75, 3.05) is 4.90 Å². The van der Waals surface area contributed by atoms with Crippen molar-refractivity contribution in [3.63, 3.8) is 0 Å². The molecule has 1 aromatic rings. The monoisotopic (exact) mass is 272 g/mol. The molecule has 0 N–H and O–H groups in total. The summed E-state index contributed by atoms with van der Waals surface area (Å²) in [7, 11) is 0. The van der Waals surface area contributed by atoms with Gasteiger partial charge in [-0.05, 0) is 32.4 Å². The van der Waals surface area contributed by atoms with E-state index in [1.165, 1.54) is 4.90 Å². The predicted molar refractivity (Wildman–Crippen MR) is 77.6 cm³/mol. The Bertz CT molecular complexity index is 579. The first-order chi connectivity index (χ1) is 9.18. The van der Waals surface area contributed by atoms with Gasteiger partial charge in [0.15, 0.2) is 0 Å². The van der Waals surface area contributed by atoms with Gasteiger partial charge in [0.2, 0.25) is 0 Å². The lowest BCUT2D eigenvalue weighted by Gasteiger charge is -2.29. The van der Waals surface area contributed by atoms with Crippen LogP contribution >= 0.6 is 0 Å². The number of rotatable bonds is 0. The standard InChI is InChI=1S/C16H20N2O2/c1-15(2,3)20-14(19)18-12-9-7-6-8-11(12)16(4,5)13(18)10-17/h6-9,13H,1-5H3. The summed E-state index contributed by atoms with van der Waals surface area (Å²) in [6.45, 7) is 9.41. The maximum absolute atomic E-state index is 12.4. The first-order valence-corrected chi connectivity index (χ1v) is 6.70. The molecule has 4 nitrogen and oxygen atoms in total. The fourth-order valence-corrected chi connectivity index (χ4v) is 2.57. The van der Waals surface area contributed by atoms with Gasteiger partial charge < -0.3 is 4.74 Å². The van der Waals surface area contributed by atoms with Gasteiger partial charge in [-0.2, -0.15) is 5.26 Å². The molecule has 1 aliphatic heterocycles. The molecule has 106 valence electrons. The van der Waals surface area contributed by atoms with Gasteiger partial charge in [0.25, 0.3) is 0 Å². The smallest absolute Gasteiger partial charge is 0.415 e. The van der Waals surface area contributed by atoms with Crippen LogP contribution in [0.4, 0.5) is 10.5 Å². The quantitative estimate of drug-likeness (QED) is 0.725. The summed E-state index contributed by atoms with van der Waals surface area (Å²) < 4.78 is 5.44. The average Bonchev–Trinajstić information content (AvgIpc) is 2.55. The van der Waals surface area contributed by atoms with Crippen LogP contribution in [0.2, 0.25) is 0 Å². The molecule has 0 spiro atoms. The number of ether oxygens (including phenoxy) is 1. The van der Waals surface area contributed by atoms with Crippen molar-refractivity contribution >= 4 is 11.8 Å². The van der Waals surface area contributed by atoms with Crippen LogP contribution in [0.5, 0.6) is 0 Å². The Hall–Kier alpha value is -2.02. The van der Waals surface area contributed by atoms with Gasteiger partial charge in [0.1, 0.15) is 11.6 Å². The van der Waals surface area contributed by atoms with E-state index in [1.54, 1.807) is 0 Å². The summed E-state index contributed by atoms with van der Waals surface area (Å²) in [5.74, 6) is 0. The third kappa shape index (κ3) is 2.24. The molecule has 0 fully saturated rings. The van der Waals surface area contributed by atoms with Gasteiger partial charge in [-0.15, -0.1) is 0 Å². The van der Waals surface area contributed by atoms with E-state index < -0.39 is 23.2 Å². The summed E-state index contributed by atoms with van der Waals surface area (Å²) in [4.78, 5) is 13.9. The zero-order valence-corrected chi connectivity index (χ0v) is 12.6. The fraction of sp³-hybridized carbons (Fsp3) is 0.500. The molecule has 1 aliphatic rings. The van der Waals surface area contributed by atoms with Gasteiger partial charge in [0.05, 0.1) is 11.8 Å². The topological polar surface area (TPSA) is 53.3 Å². The molecule has 0 saturated carbocycles. The summed E-state index contributed by atoms with van der Waals surface area (Å²) in [6, 6.07) is 9.30. The van der Waals surface area contributed by atoms with Crippen molar-refractivity contribution in [2.24, 2.45) is 0 Å². The number of hydrogen-bond donors (Lipinski definition) is 0. The van der Waals surface area contributed by atoms with Crippen molar-refractivity contribution in [3.8, 4) is 6.07 Å². The Morgan fingerprint density at radius 2 is 1.95 bits per heavy atom. The molecule has 20 heavy (non-hydrogen) atoms. The molecule has 0 bridgehead atoms. The number of amides is 1. The summed E-state index contributed by atoms with van der Waals surface area (Å²) in [5.41, 5.74) is 0.761. The first-order valence-electron chi connectivity index (χ1n) is 6.70. The molecule has 1 amide bonds. The predicted octanol–water partition coefficient (Wildman–Crippen LogP) is 3.61. The van der Waals surface area contributed by atoms with Crippen LogP contribution in [0.25, 0.3) is 0 Å². The van der Waals surface area contributed by atoms with E-state index in [2.05, 4.69) is 6.07 Å². The van der Waals surface area contributed by atoms with Gasteiger partial charge in [-0.3, -0.25) is 4.90 Å². The van der Waals surface area contributed by atoms with Crippen molar-refractivity contribution in [1.82, 2.24) is 0 Å². The SMILES string of the molecule is CC(C)(C)OC(=O)N1c2ccccc2C(C)(C)C1C#N. The lowest BCUT2D eigenvalue weighted by atomic mass is 9.81. The minimum Gasteiger partial charge on any atom is -0.443 e. The maximum atomic E-state index is 12.4. The molecule has 0 radical (unpaired) electrons. The third-order valence-corrected chi connectivity index (χ3v) is 3.51. The number of benzene rings is 1. The normalized spacial score (nSPS) is 20.2. The van der Waals surface area contributed by atoms with Gasteiger partial charge >= 0.3 is 6.09 Å². The van der Waals surface area contributed by atoms with Gasteiger partial charge in [0, 0.05) is 5.41 Å². The van der Waals surface area contributed by atoms with Crippen LogP contribution in [0, 0.1) is 11.3 Å². The number of para-hydroxylation sites is 1. The first kappa shape index (κ1) is 14.4. The molecule has 1 unspecified atom stereocenters. The van der Waals surface area contributed by atoms with Crippen molar-refractivity contribution < 1.29 is 9.53 Å². The van der Waals surface area contributed by atoms with E-state index in [0.717, 1.165) is 11.3 Å². The number of carbonyl (C=O) groups is 1. The lowest BCUT2D eigenvalue weighted by molar-refractivity contribution is 0.0569. The largest absolute Gasteiger partial charge is 0.443 e. The van der Waals surface area contributed by atoms with E-state index in [9.17, 15) is 10.1 Å². The van der Waals surface area contributed by atoms with E-state index in [-0.39, 0.29) is 0 Å². The molecule has 0 saturated heterocycles. The molecule has 4 heteroatoms. The van der Waals surface area contributed by atoms with E-state index >= 15 is 0 Å². The Labute approximate surface area is 120 Å². The fourth-order valence-electron chi connectivity index (χ4n) is 2.57. The average molecular weight is 272 g/mol. The molecule has 1 aromatic carbocycles. The number of anilines is 1. The number of nitrogens with zero attached hydrogens (tertiary/aromatic N) is 2. The minimum atomic E-state index is -0.585. The Morgan fingerprint density at radius 3 is 2.50 bits per heavy atom. The number of carbonyl (C=O) groups excluding carboxylic acids is 1. The summed E-state index contributed by atoms with van der Waals surface area (Å²) >= 11 is 0. The van der Waals surface area contributed by atoms with Crippen LogP contribution < -0.4 is 4.90 Å². The molecule has 1 heterocycles. The van der Waals surface area contributed by atoms with Gasteiger partial charge in [-0.1, -0.05) is 32.0 Å². The van der Waals surface area contributed by atoms with Crippen molar-refractivity contribution in [1.29, 1.82) is 5.26 Å². The Morgan fingerprint density at radius 1 is 1.35 bits per heavy atom. The van der Waals surface area contributed by atoms with E-state index in [1.807, 2.05) is 58.9 Å². The molecule has 2 rings (SSSR count). The van der Waals surface area contributed by atoms with Crippen LogP contribution in [0.1, 0.15) is 40.2 Å². The number of fused-ring (bicyclic) bond motifs is 1. The van der Waals surface area contributed by atoms with Crippen LogP contribution in [-0.4, -0.2) is 17.7 Å². The van der Waals surface area contributed by atoms with Crippen LogP contribution in [0.3, 0.4) is 0 Å². The van der Waals surface area contributed by atoms with Crippen LogP contribution in [0.15, 0.2) is 24.3 Å². The highest BCUT2D eigenvalue weighted by Gasteiger charge is 2.48. The lowest BCUT2D eigenvalue weighted by Crippen LogP contribution is -2.46. The zero-order valence-electron chi connectivity index (χ0n) is 12.6. The zero-order chi connectivity index (χ0) is 15.1. The molecular weight excluding hydrogens is 252 g/mol. The molecule has 0 aromatic heterocycles. The van der Waals surface area contributed by atoms with E-state index in [0.29, 0.717) is 0 Å². The van der Waals surface area contributed by atoms with Gasteiger partial charge in [-0.25, -0.2) is 4.79 Å². The Balaban J connectivity index is 2.48. The number of nitriles is 1. The highest BCUT2D eigenvalue weighted by molar-refractivity contribution is 5.93. The summed E-state index contributed by atoms with van der Waals surface area (Å²) in [5, 5.41) is 9.49. The number of hydrogen-bond acceptors (Lipinski definition) is 3. The van der Waals surface area contributed by atoms with Crippen molar-refractivity contribution in [2.45, 2.75) is 51.7 Å². The summed E-state index contributed by atoms with van der Waals surface area (Å²) in [6.07, 6.45) is -0.470. The van der Waals surface area contributed by atoms with E-state index in [4.69, 9.17) is 4.74 Å². The second kappa shape index (κ2) is 4.52. The van der Waals surface area contributed by atoms with Crippen LogP contribution in [-0.2, 0) is 10.2 Å². The highest BCUT2D eigenvalue weighted by atomic mass is 16.6.